The van der Waals surface area contributed by atoms with Crippen LogP contribution in [-0.2, 0) is 13.0 Å². The molecule has 1 aliphatic heterocycles. The van der Waals surface area contributed by atoms with E-state index < -0.39 is 5.60 Å². The number of hydrogen-bond acceptors (Lipinski definition) is 4. The van der Waals surface area contributed by atoms with Gasteiger partial charge < -0.3 is 10.1 Å². The summed E-state index contributed by atoms with van der Waals surface area (Å²) in [5, 5.41) is 11.6. The van der Waals surface area contributed by atoms with Crippen LogP contribution in [-0.4, -0.2) is 43.6 Å². The van der Waals surface area contributed by atoms with Gasteiger partial charge in [0.25, 0.3) is 0 Å². The zero-order valence-electron chi connectivity index (χ0n) is 13.2. The van der Waals surface area contributed by atoms with Crippen LogP contribution in [0.4, 0.5) is 0 Å². The summed E-state index contributed by atoms with van der Waals surface area (Å²) in [6.07, 6.45) is 3.14. The van der Waals surface area contributed by atoms with E-state index in [1.807, 2.05) is 36.4 Å². The molecule has 0 bridgehead atoms. The third-order valence-corrected chi connectivity index (χ3v) is 4.79. The van der Waals surface area contributed by atoms with E-state index in [1.54, 1.807) is 6.20 Å². The molecule has 1 unspecified atom stereocenters. The van der Waals surface area contributed by atoms with Crippen molar-refractivity contribution in [2.75, 3.05) is 13.1 Å². The SMILES string of the molecule is OC1(Cc2ccc(Cl)cc2)CCN(Cc2nc3ncccc3[nH]2)C1. The summed E-state index contributed by atoms with van der Waals surface area (Å²) in [4.78, 5) is 14.3. The number of aliphatic hydroxyl groups is 1. The summed E-state index contributed by atoms with van der Waals surface area (Å²) in [5.41, 5.74) is 2.10. The second-order valence-corrected chi connectivity index (χ2v) is 6.98. The maximum Gasteiger partial charge on any atom is 0.177 e. The molecule has 3 heterocycles. The smallest absolute Gasteiger partial charge is 0.177 e. The number of hydrogen-bond donors (Lipinski definition) is 2. The van der Waals surface area contributed by atoms with Gasteiger partial charge in [-0.15, -0.1) is 0 Å². The minimum absolute atomic E-state index is 0.639. The van der Waals surface area contributed by atoms with Crippen LogP contribution in [0.2, 0.25) is 5.02 Å². The first kappa shape index (κ1) is 15.6. The number of rotatable bonds is 4. The number of fused-ring (bicyclic) bond motifs is 1. The number of benzene rings is 1. The Labute approximate surface area is 145 Å². The van der Waals surface area contributed by atoms with E-state index in [9.17, 15) is 5.11 Å². The molecule has 1 atom stereocenters. The second kappa shape index (κ2) is 6.16. The van der Waals surface area contributed by atoms with Gasteiger partial charge >= 0.3 is 0 Å². The number of pyridine rings is 1. The first-order chi connectivity index (χ1) is 11.6. The van der Waals surface area contributed by atoms with Crippen molar-refractivity contribution in [3.63, 3.8) is 0 Å². The highest BCUT2D eigenvalue weighted by Gasteiger charge is 2.36. The minimum atomic E-state index is -0.696. The number of β-amino-alcohol motifs (C(OH)–C–C–N with tert-alkyl or cyclic N) is 1. The average molecular weight is 343 g/mol. The van der Waals surface area contributed by atoms with E-state index in [0.717, 1.165) is 40.5 Å². The molecule has 1 aliphatic rings. The molecule has 3 aromatic rings. The molecule has 124 valence electrons. The summed E-state index contributed by atoms with van der Waals surface area (Å²) < 4.78 is 0. The Hall–Kier alpha value is -1.95. The van der Waals surface area contributed by atoms with Gasteiger partial charge in [-0.2, -0.15) is 0 Å². The Balaban J connectivity index is 1.42. The molecule has 4 rings (SSSR count). The lowest BCUT2D eigenvalue weighted by atomic mass is 9.94. The fraction of sp³-hybridized carbons (Fsp3) is 0.333. The average Bonchev–Trinajstić information content (AvgIpc) is 3.13. The Morgan fingerprint density at radius 1 is 1.25 bits per heavy atom. The van der Waals surface area contributed by atoms with Crippen molar-refractivity contribution in [3.05, 3.63) is 59.0 Å². The van der Waals surface area contributed by atoms with Crippen molar-refractivity contribution >= 4 is 22.8 Å². The number of imidazole rings is 1. The van der Waals surface area contributed by atoms with Gasteiger partial charge in [0.2, 0.25) is 0 Å². The van der Waals surface area contributed by atoms with Gasteiger partial charge in [-0.05, 0) is 36.2 Å². The lowest BCUT2D eigenvalue weighted by Crippen LogP contribution is -2.35. The largest absolute Gasteiger partial charge is 0.388 e. The van der Waals surface area contributed by atoms with Crippen LogP contribution in [0.1, 0.15) is 17.8 Å². The monoisotopic (exact) mass is 342 g/mol. The highest BCUT2D eigenvalue weighted by Crippen LogP contribution is 2.27. The molecule has 2 N–H and O–H groups in total. The van der Waals surface area contributed by atoms with Gasteiger partial charge in [0.15, 0.2) is 5.65 Å². The van der Waals surface area contributed by atoms with Crippen molar-refractivity contribution < 1.29 is 5.11 Å². The van der Waals surface area contributed by atoms with Crippen molar-refractivity contribution in [1.29, 1.82) is 0 Å². The summed E-state index contributed by atoms with van der Waals surface area (Å²) in [6.45, 7) is 2.19. The van der Waals surface area contributed by atoms with E-state index in [-0.39, 0.29) is 0 Å². The van der Waals surface area contributed by atoms with Crippen LogP contribution in [0, 0.1) is 0 Å². The van der Waals surface area contributed by atoms with E-state index in [0.29, 0.717) is 19.5 Å². The lowest BCUT2D eigenvalue weighted by molar-refractivity contribution is 0.0486. The Morgan fingerprint density at radius 2 is 2.08 bits per heavy atom. The number of likely N-dealkylation sites (tertiary alicyclic amines) is 1. The number of aromatic nitrogens is 3. The van der Waals surface area contributed by atoms with Gasteiger partial charge in [-0.25, -0.2) is 9.97 Å². The molecule has 1 aromatic carbocycles. The molecule has 6 heteroatoms. The number of nitrogens with one attached hydrogen (secondary N) is 1. The Morgan fingerprint density at radius 3 is 2.88 bits per heavy atom. The van der Waals surface area contributed by atoms with Gasteiger partial charge in [0.05, 0.1) is 17.7 Å². The zero-order valence-corrected chi connectivity index (χ0v) is 14.0. The molecular formula is C18H19ClN4O. The van der Waals surface area contributed by atoms with E-state index in [2.05, 4.69) is 19.9 Å². The topological polar surface area (TPSA) is 65.0 Å². The van der Waals surface area contributed by atoms with Gasteiger partial charge in [-0.1, -0.05) is 23.7 Å². The van der Waals surface area contributed by atoms with Crippen LogP contribution < -0.4 is 0 Å². The molecule has 5 nitrogen and oxygen atoms in total. The fourth-order valence-electron chi connectivity index (χ4n) is 3.38. The number of H-pyrrole nitrogens is 1. The van der Waals surface area contributed by atoms with Gasteiger partial charge in [0.1, 0.15) is 5.82 Å². The molecule has 0 saturated carbocycles. The highest BCUT2D eigenvalue weighted by molar-refractivity contribution is 6.30. The minimum Gasteiger partial charge on any atom is -0.388 e. The first-order valence-electron chi connectivity index (χ1n) is 8.08. The predicted molar refractivity (Wildman–Crippen MR) is 93.9 cm³/mol. The molecule has 0 amide bonds. The molecule has 24 heavy (non-hydrogen) atoms. The molecule has 1 saturated heterocycles. The third-order valence-electron chi connectivity index (χ3n) is 4.54. The van der Waals surface area contributed by atoms with Crippen LogP contribution >= 0.6 is 11.6 Å². The maximum atomic E-state index is 10.9. The van der Waals surface area contributed by atoms with E-state index in [4.69, 9.17) is 11.6 Å². The van der Waals surface area contributed by atoms with Crippen molar-refractivity contribution in [2.24, 2.45) is 0 Å². The molecule has 1 fully saturated rings. The Bertz CT molecular complexity index is 815. The van der Waals surface area contributed by atoms with Crippen LogP contribution in [0.25, 0.3) is 11.2 Å². The van der Waals surface area contributed by atoms with Crippen LogP contribution in [0.5, 0.6) is 0 Å². The van der Waals surface area contributed by atoms with E-state index in [1.165, 1.54) is 0 Å². The second-order valence-electron chi connectivity index (χ2n) is 6.55. The zero-order chi connectivity index (χ0) is 16.6. The van der Waals surface area contributed by atoms with E-state index >= 15 is 0 Å². The quantitative estimate of drug-likeness (QED) is 0.765. The van der Waals surface area contributed by atoms with Crippen LogP contribution in [0.3, 0.4) is 0 Å². The number of halogens is 1. The predicted octanol–water partition coefficient (Wildman–Crippen LogP) is 2.79. The summed E-state index contributed by atoms with van der Waals surface area (Å²) in [5.74, 6) is 0.888. The normalized spacial score (nSPS) is 21.6. The summed E-state index contributed by atoms with van der Waals surface area (Å²) in [7, 11) is 0. The fourth-order valence-corrected chi connectivity index (χ4v) is 3.51. The molecule has 0 aliphatic carbocycles. The van der Waals surface area contributed by atoms with Crippen molar-refractivity contribution in [1.82, 2.24) is 19.9 Å². The molecule has 2 aromatic heterocycles. The molecule has 0 radical (unpaired) electrons. The third kappa shape index (κ3) is 3.29. The van der Waals surface area contributed by atoms with Gasteiger partial charge in [-0.3, -0.25) is 4.90 Å². The lowest BCUT2D eigenvalue weighted by Gasteiger charge is -2.23. The number of aromatic amines is 1. The highest BCUT2D eigenvalue weighted by atomic mass is 35.5. The summed E-state index contributed by atoms with van der Waals surface area (Å²) >= 11 is 5.92. The summed E-state index contributed by atoms with van der Waals surface area (Å²) in [6, 6.07) is 11.6. The standard InChI is InChI=1S/C18H19ClN4O/c19-14-5-3-13(4-6-14)10-18(24)7-9-23(12-18)11-16-21-15-2-1-8-20-17(15)22-16/h1-6,8,24H,7,9-12H2,(H,20,21,22). The van der Waals surface area contributed by atoms with Crippen LogP contribution in [0.15, 0.2) is 42.6 Å². The maximum absolute atomic E-state index is 10.9. The van der Waals surface area contributed by atoms with Crippen molar-refractivity contribution in [3.8, 4) is 0 Å². The first-order valence-corrected chi connectivity index (χ1v) is 8.46. The number of nitrogens with zero attached hydrogens (tertiary/aromatic N) is 3. The molecular weight excluding hydrogens is 324 g/mol. The molecule has 0 spiro atoms. The Kier molecular flexibility index (Phi) is 4.00. The van der Waals surface area contributed by atoms with Gasteiger partial charge in [0, 0.05) is 30.7 Å². The van der Waals surface area contributed by atoms with Crippen molar-refractivity contribution in [2.45, 2.75) is 25.0 Å².